The van der Waals surface area contributed by atoms with Gasteiger partial charge < -0.3 is 14.2 Å². The summed E-state index contributed by atoms with van der Waals surface area (Å²) in [6.45, 7) is 2.13. The highest BCUT2D eigenvalue weighted by atomic mass is 16.7. The molecule has 0 spiro atoms. The van der Waals surface area contributed by atoms with Crippen LogP contribution >= 0.6 is 0 Å². The molecule has 0 N–H and O–H groups in total. The first-order chi connectivity index (χ1) is 5.45. The van der Waals surface area contributed by atoms with Crippen LogP contribution in [0.1, 0.15) is 6.42 Å². The maximum Gasteiger partial charge on any atom is 0.147 e. The number of hydrogen-bond acceptors (Lipinski definition) is 3. The number of ether oxygens (including phenoxy) is 3. The summed E-state index contributed by atoms with van der Waals surface area (Å²) in [5.74, 6) is 1.59. The average Bonchev–Trinajstić information content (AvgIpc) is 2.83. The molecule has 1 aliphatic carbocycles. The molecule has 3 aliphatic rings. The van der Waals surface area contributed by atoms with Crippen molar-refractivity contribution in [2.24, 2.45) is 11.8 Å². The Labute approximate surface area is 65.6 Å². The van der Waals surface area contributed by atoms with Crippen molar-refractivity contribution in [1.29, 1.82) is 0 Å². The van der Waals surface area contributed by atoms with Crippen molar-refractivity contribution in [2.75, 3.05) is 20.0 Å². The quantitative estimate of drug-likeness (QED) is 0.508. The van der Waals surface area contributed by atoms with Gasteiger partial charge in [0.2, 0.25) is 0 Å². The van der Waals surface area contributed by atoms with E-state index in [9.17, 15) is 0 Å². The third kappa shape index (κ3) is 0.916. The van der Waals surface area contributed by atoms with E-state index in [0.717, 1.165) is 25.0 Å². The van der Waals surface area contributed by atoms with Gasteiger partial charge in [-0.1, -0.05) is 0 Å². The molecular formula is C8H12O3. The van der Waals surface area contributed by atoms with Gasteiger partial charge in [0.25, 0.3) is 0 Å². The molecule has 11 heavy (non-hydrogen) atoms. The number of fused-ring (bicyclic) bond motifs is 3. The van der Waals surface area contributed by atoms with Crippen LogP contribution in [0.15, 0.2) is 0 Å². The monoisotopic (exact) mass is 156 g/mol. The van der Waals surface area contributed by atoms with E-state index >= 15 is 0 Å². The van der Waals surface area contributed by atoms with E-state index in [1.165, 1.54) is 6.42 Å². The van der Waals surface area contributed by atoms with Crippen molar-refractivity contribution in [3.05, 3.63) is 0 Å². The molecule has 3 rings (SSSR count). The Morgan fingerprint density at radius 3 is 3.09 bits per heavy atom. The predicted molar refractivity (Wildman–Crippen MR) is 37.0 cm³/mol. The van der Waals surface area contributed by atoms with Gasteiger partial charge in [-0.25, -0.2) is 0 Å². The maximum atomic E-state index is 5.59. The van der Waals surface area contributed by atoms with Crippen LogP contribution in [-0.2, 0) is 14.2 Å². The molecule has 0 aromatic rings. The third-order valence-electron chi connectivity index (χ3n) is 2.92. The Bertz CT molecular complexity index is 171. The van der Waals surface area contributed by atoms with Gasteiger partial charge in [0, 0.05) is 0 Å². The highest BCUT2D eigenvalue weighted by Gasteiger charge is 2.52. The van der Waals surface area contributed by atoms with Gasteiger partial charge in [0.1, 0.15) is 12.9 Å². The summed E-state index contributed by atoms with van der Waals surface area (Å²) < 4.78 is 16.2. The Balaban J connectivity index is 1.76. The maximum absolute atomic E-state index is 5.59. The van der Waals surface area contributed by atoms with Gasteiger partial charge in [-0.2, -0.15) is 0 Å². The minimum atomic E-state index is 0.229. The zero-order valence-electron chi connectivity index (χ0n) is 6.36. The fourth-order valence-electron chi connectivity index (χ4n) is 2.15. The molecule has 0 amide bonds. The molecule has 2 heterocycles. The lowest BCUT2D eigenvalue weighted by Gasteiger charge is -2.34. The van der Waals surface area contributed by atoms with E-state index in [2.05, 4.69) is 0 Å². The molecule has 3 fully saturated rings. The predicted octanol–water partition coefficient (Wildman–Crippen LogP) is 0.394. The van der Waals surface area contributed by atoms with Gasteiger partial charge in [-0.05, 0) is 18.3 Å². The zero-order valence-corrected chi connectivity index (χ0v) is 6.36. The second-order valence-corrected chi connectivity index (χ2v) is 3.65. The van der Waals surface area contributed by atoms with Crippen molar-refractivity contribution in [1.82, 2.24) is 0 Å². The molecule has 62 valence electrons. The second kappa shape index (κ2) is 2.19. The van der Waals surface area contributed by atoms with Crippen LogP contribution in [0, 0.1) is 11.8 Å². The van der Waals surface area contributed by atoms with Crippen molar-refractivity contribution < 1.29 is 14.2 Å². The Morgan fingerprint density at radius 2 is 2.09 bits per heavy atom. The van der Waals surface area contributed by atoms with Crippen LogP contribution in [0.5, 0.6) is 0 Å². The summed E-state index contributed by atoms with van der Waals surface area (Å²) >= 11 is 0. The smallest absolute Gasteiger partial charge is 0.147 e. The lowest BCUT2D eigenvalue weighted by molar-refractivity contribution is -0.227. The summed E-state index contributed by atoms with van der Waals surface area (Å²) in [5, 5.41) is 0. The molecule has 0 aromatic heterocycles. The van der Waals surface area contributed by atoms with Gasteiger partial charge >= 0.3 is 0 Å². The molecule has 1 saturated carbocycles. The third-order valence-corrected chi connectivity index (χ3v) is 2.92. The topological polar surface area (TPSA) is 27.7 Å². The molecule has 2 aliphatic heterocycles. The van der Waals surface area contributed by atoms with Crippen LogP contribution < -0.4 is 0 Å². The van der Waals surface area contributed by atoms with Gasteiger partial charge in [-0.3, -0.25) is 0 Å². The number of rotatable bonds is 0. The van der Waals surface area contributed by atoms with E-state index in [4.69, 9.17) is 14.2 Å². The van der Waals surface area contributed by atoms with Gasteiger partial charge in [0.05, 0.1) is 19.3 Å². The molecule has 0 radical (unpaired) electrons. The highest BCUT2D eigenvalue weighted by molar-refractivity contribution is 4.99. The summed E-state index contributed by atoms with van der Waals surface area (Å²) in [6, 6.07) is 0. The average molecular weight is 156 g/mol. The van der Waals surface area contributed by atoms with Crippen molar-refractivity contribution >= 4 is 0 Å². The fourth-order valence-corrected chi connectivity index (χ4v) is 2.15. The summed E-state index contributed by atoms with van der Waals surface area (Å²) in [6.07, 6.45) is 1.89. The number of hydrogen-bond donors (Lipinski definition) is 0. The van der Waals surface area contributed by atoms with Crippen LogP contribution in [0.3, 0.4) is 0 Å². The largest absolute Gasteiger partial charge is 0.373 e. The van der Waals surface area contributed by atoms with E-state index in [0.29, 0.717) is 12.9 Å². The normalized spacial score (nSPS) is 54.5. The van der Waals surface area contributed by atoms with E-state index in [1.54, 1.807) is 0 Å². The minimum Gasteiger partial charge on any atom is -0.373 e. The molecular weight excluding hydrogens is 144 g/mol. The lowest BCUT2D eigenvalue weighted by Crippen LogP contribution is -2.45. The SMILES string of the molecule is C1OCC2OC[C@@H]3C[C@@H]3C2O1. The van der Waals surface area contributed by atoms with Crippen LogP contribution in [0.25, 0.3) is 0 Å². The Hall–Kier alpha value is -0.120. The first-order valence-corrected chi connectivity index (χ1v) is 4.26. The van der Waals surface area contributed by atoms with Crippen LogP contribution in [0.2, 0.25) is 0 Å². The van der Waals surface area contributed by atoms with Crippen molar-refractivity contribution in [3.63, 3.8) is 0 Å². The summed E-state index contributed by atoms with van der Waals surface area (Å²) in [5.41, 5.74) is 0. The van der Waals surface area contributed by atoms with E-state index in [1.807, 2.05) is 0 Å². The zero-order chi connectivity index (χ0) is 7.26. The first-order valence-electron chi connectivity index (χ1n) is 4.26. The Morgan fingerprint density at radius 1 is 1.09 bits per heavy atom. The highest BCUT2D eigenvalue weighted by Crippen LogP contribution is 2.48. The minimum absolute atomic E-state index is 0.229. The lowest BCUT2D eigenvalue weighted by atomic mass is 10.1. The van der Waals surface area contributed by atoms with Crippen LogP contribution in [0.4, 0.5) is 0 Å². The van der Waals surface area contributed by atoms with E-state index < -0.39 is 0 Å². The molecule has 0 aromatic carbocycles. The molecule has 3 heteroatoms. The second-order valence-electron chi connectivity index (χ2n) is 3.65. The molecule has 4 atom stereocenters. The van der Waals surface area contributed by atoms with Crippen molar-refractivity contribution in [3.8, 4) is 0 Å². The molecule has 2 unspecified atom stereocenters. The molecule has 3 nitrogen and oxygen atoms in total. The van der Waals surface area contributed by atoms with Crippen molar-refractivity contribution in [2.45, 2.75) is 18.6 Å². The standard InChI is InChI=1S/C8H12O3/c1-5-2-10-7-3-9-4-11-8(7)6(1)5/h5-8H,1-4H2/t5-,6-,7?,8?/m0/s1. The molecule has 0 bridgehead atoms. The summed E-state index contributed by atoms with van der Waals surface area (Å²) in [7, 11) is 0. The first kappa shape index (κ1) is 6.40. The van der Waals surface area contributed by atoms with Gasteiger partial charge in [-0.15, -0.1) is 0 Å². The van der Waals surface area contributed by atoms with Crippen LogP contribution in [-0.4, -0.2) is 32.2 Å². The summed E-state index contributed by atoms with van der Waals surface area (Å²) in [4.78, 5) is 0. The Kier molecular flexibility index (Phi) is 1.27. The fraction of sp³-hybridized carbons (Fsp3) is 1.00. The van der Waals surface area contributed by atoms with E-state index in [-0.39, 0.29) is 6.10 Å². The van der Waals surface area contributed by atoms with Gasteiger partial charge in [0.15, 0.2) is 0 Å². The molecule has 2 saturated heterocycles.